The van der Waals surface area contributed by atoms with E-state index in [4.69, 9.17) is 0 Å². The Morgan fingerprint density at radius 2 is 1.74 bits per heavy atom. The van der Waals surface area contributed by atoms with Crippen LogP contribution in [0.25, 0.3) is 22.7 Å². The molecule has 182 valence electrons. The van der Waals surface area contributed by atoms with Crippen LogP contribution in [-0.2, 0) is 11.8 Å². The topological polar surface area (TPSA) is 4.93 Å². The summed E-state index contributed by atoms with van der Waals surface area (Å²) in [7, 11) is 0. The fourth-order valence-corrected chi connectivity index (χ4v) is 5.57. The van der Waals surface area contributed by atoms with Crippen LogP contribution in [0.1, 0.15) is 71.7 Å². The highest BCUT2D eigenvalue weighted by Gasteiger charge is 2.27. The lowest BCUT2D eigenvalue weighted by molar-refractivity contribution is 0.483. The maximum Gasteiger partial charge on any atom is 0.0537 e. The van der Waals surface area contributed by atoms with Gasteiger partial charge in [-0.05, 0) is 71.9 Å². The fourth-order valence-electron chi connectivity index (χ4n) is 4.79. The molecule has 0 amide bonds. The van der Waals surface area contributed by atoms with E-state index in [-0.39, 0.29) is 10.8 Å². The van der Waals surface area contributed by atoms with Gasteiger partial charge in [0.25, 0.3) is 0 Å². The van der Waals surface area contributed by atoms with Gasteiger partial charge in [-0.1, -0.05) is 107 Å². The minimum Gasteiger partial charge on any atom is -0.313 e. The maximum absolute atomic E-state index is 3.78. The average Bonchev–Trinajstić information content (AvgIpc) is 3.11. The van der Waals surface area contributed by atoms with Crippen molar-refractivity contribution < 1.29 is 0 Å². The molecule has 0 bridgehead atoms. The molecule has 1 aliphatic rings. The summed E-state index contributed by atoms with van der Waals surface area (Å²) in [4.78, 5) is 1.24. The van der Waals surface area contributed by atoms with Gasteiger partial charge in [0, 0.05) is 27.2 Å². The molecule has 0 spiro atoms. The molecule has 1 nitrogen and oxygen atoms in total. The zero-order chi connectivity index (χ0) is 25.4. The van der Waals surface area contributed by atoms with Crippen molar-refractivity contribution >= 4 is 28.7 Å². The van der Waals surface area contributed by atoms with E-state index in [9.17, 15) is 0 Å². The van der Waals surface area contributed by atoms with Gasteiger partial charge in [0.15, 0.2) is 0 Å². The van der Waals surface area contributed by atoms with Gasteiger partial charge in [0.05, 0.1) is 5.52 Å². The molecule has 0 radical (unpaired) electrons. The predicted octanol–water partition coefficient (Wildman–Crippen LogP) is 10.0. The van der Waals surface area contributed by atoms with Crippen molar-refractivity contribution in [2.45, 2.75) is 71.6 Å². The molecule has 0 fully saturated rings. The zero-order valence-electron chi connectivity index (χ0n) is 22.4. The van der Waals surface area contributed by atoms with Crippen molar-refractivity contribution in [2.24, 2.45) is 5.41 Å². The Morgan fingerprint density at radius 1 is 0.971 bits per heavy atom. The summed E-state index contributed by atoms with van der Waals surface area (Å²) in [6.45, 7) is 19.8. The Kier molecular flexibility index (Phi) is 7.06. The summed E-state index contributed by atoms with van der Waals surface area (Å²) in [6.07, 6.45) is 10.7. The van der Waals surface area contributed by atoms with Crippen LogP contribution in [0.3, 0.4) is 0 Å². The number of rotatable bonds is 5. The second-order valence-corrected chi connectivity index (χ2v) is 12.6. The first-order valence-electron chi connectivity index (χ1n) is 12.6. The highest BCUT2D eigenvalue weighted by Crippen LogP contribution is 2.42. The molecule has 2 heteroatoms. The molecular formula is C33H39NS. The lowest BCUT2D eigenvalue weighted by Crippen LogP contribution is -2.14. The van der Waals surface area contributed by atoms with E-state index in [0.29, 0.717) is 0 Å². The van der Waals surface area contributed by atoms with Gasteiger partial charge >= 0.3 is 0 Å². The Bertz CT molecular complexity index is 1350. The third-order valence-electron chi connectivity index (χ3n) is 6.88. The second-order valence-electron chi connectivity index (χ2n) is 11.7. The van der Waals surface area contributed by atoms with Crippen LogP contribution in [0.5, 0.6) is 0 Å². The quantitative estimate of drug-likeness (QED) is 0.259. The van der Waals surface area contributed by atoms with Crippen LogP contribution >= 0.6 is 11.8 Å². The van der Waals surface area contributed by atoms with Crippen molar-refractivity contribution in [3.05, 3.63) is 101 Å². The van der Waals surface area contributed by atoms with Crippen LogP contribution in [0.2, 0.25) is 0 Å². The van der Waals surface area contributed by atoms with E-state index in [1.165, 1.54) is 43.9 Å². The maximum atomic E-state index is 3.78. The number of hydrogen-bond acceptors (Lipinski definition) is 1. The molecule has 1 aromatic heterocycles. The van der Waals surface area contributed by atoms with Crippen molar-refractivity contribution in [1.82, 2.24) is 4.57 Å². The molecule has 0 unspecified atom stereocenters. The molecule has 0 atom stereocenters. The molecule has 0 saturated heterocycles. The Morgan fingerprint density at radius 3 is 2.43 bits per heavy atom. The molecule has 0 saturated carbocycles. The van der Waals surface area contributed by atoms with E-state index < -0.39 is 0 Å². The van der Waals surface area contributed by atoms with Crippen LogP contribution in [0.15, 0.2) is 88.7 Å². The smallest absolute Gasteiger partial charge is 0.0537 e. The zero-order valence-corrected chi connectivity index (χ0v) is 23.2. The largest absolute Gasteiger partial charge is 0.313 e. The van der Waals surface area contributed by atoms with Crippen LogP contribution in [0.4, 0.5) is 0 Å². The predicted molar refractivity (Wildman–Crippen MR) is 157 cm³/mol. The second kappa shape index (κ2) is 9.74. The average molecular weight is 482 g/mol. The number of hydrogen-bond donors (Lipinski definition) is 0. The van der Waals surface area contributed by atoms with Crippen LogP contribution in [0, 0.1) is 5.41 Å². The normalized spacial score (nSPS) is 14.9. The van der Waals surface area contributed by atoms with E-state index in [2.05, 4.69) is 120 Å². The summed E-state index contributed by atoms with van der Waals surface area (Å²) < 4.78 is 2.50. The van der Waals surface area contributed by atoms with Gasteiger partial charge in [-0.15, -0.1) is 0 Å². The van der Waals surface area contributed by atoms with E-state index >= 15 is 0 Å². The summed E-state index contributed by atoms with van der Waals surface area (Å²) in [5, 5.41) is 3.53. The van der Waals surface area contributed by atoms with Gasteiger partial charge in [0.2, 0.25) is 0 Å². The monoisotopic (exact) mass is 481 g/mol. The Hall–Kier alpha value is -2.71. The van der Waals surface area contributed by atoms with Crippen molar-refractivity contribution in [3.8, 4) is 5.69 Å². The SMILES string of the molecule is C=C/C=C(C)\C=C/Sc1cccc(-n2c3c(c4cc(C(C)(C)C)ccc42)C=C(C(C)(C)C)CC3)c1. The van der Waals surface area contributed by atoms with Crippen LogP contribution in [-0.4, -0.2) is 4.57 Å². The Balaban J connectivity index is 1.86. The Labute approximate surface area is 216 Å². The van der Waals surface area contributed by atoms with E-state index in [1.807, 2.05) is 12.2 Å². The molecule has 0 aliphatic heterocycles. The molecule has 35 heavy (non-hydrogen) atoms. The van der Waals surface area contributed by atoms with Crippen molar-refractivity contribution in [3.63, 3.8) is 0 Å². The highest BCUT2D eigenvalue weighted by molar-refractivity contribution is 8.02. The summed E-state index contributed by atoms with van der Waals surface area (Å²) in [6, 6.07) is 16.0. The summed E-state index contributed by atoms with van der Waals surface area (Å²) in [5.41, 5.74) is 9.82. The molecular weight excluding hydrogens is 442 g/mol. The fraction of sp³-hybridized carbons (Fsp3) is 0.333. The first kappa shape index (κ1) is 25.4. The number of nitrogens with zero attached hydrogens (tertiary/aromatic N) is 1. The molecule has 1 aliphatic carbocycles. The molecule has 0 N–H and O–H groups in total. The minimum absolute atomic E-state index is 0.121. The van der Waals surface area contributed by atoms with Gasteiger partial charge in [-0.2, -0.15) is 0 Å². The molecule has 4 rings (SSSR count). The summed E-state index contributed by atoms with van der Waals surface area (Å²) >= 11 is 1.76. The van der Waals surface area contributed by atoms with Gasteiger partial charge < -0.3 is 4.57 Å². The van der Waals surface area contributed by atoms with Crippen LogP contribution < -0.4 is 0 Å². The molecule has 2 aromatic carbocycles. The van der Waals surface area contributed by atoms with Gasteiger partial charge in [0.1, 0.15) is 0 Å². The number of fused-ring (bicyclic) bond motifs is 3. The standard InChI is InChI=1S/C33H39NS/c1-9-11-23(2)18-19-35-27-13-10-12-26(22-27)34-30-16-14-24(32(3,4)5)20-28(30)29-21-25(33(6,7)8)15-17-31(29)34/h9-14,16,18-22H,1,15,17H2,2-8H3/b19-18-,23-11-. The summed E-state index contributed by atoms with van der Waals surface area (Å²) in [5.74, 6) is 0. The lowest BCUT2D eigenvalue weighted by Gasteiger charge is -2.27. The van der Waals surface area contributed by atoms with Crippen molar-refractivity contribution in [2.75, 3.05) is 0 Å². The number of allylic oxidation sites excluding steroid dienone is 5. The number of benzene rings is 2. The first-order chi connectivity index (χ1) is 16.5. The molecule has 3 aromatic rings. The highest BCUT2D eigenvalue weighted by atomic mass is 32.2. The molecule has 1 heterocycles. The number of thioether (sulfide) groups is 1. The third-order valence-corrected chi connectivity index (χ3v) is 7.68. The van der Waals surface area contributed by atoms with E-state index in [0.717, 1.165) is 12.8 Å². The van der Waals surface area contributed by atoms with E-state index in [1.54, 1.807) is 17.3 Å². The minimum atomic E-state index is 0.121. The number of aromatic nitrogens is 1. The van der Waals surface area contributed by atoms with Gasteiger partial charge in [-0.25, -0.2) is 0 Å². The third kappa shape index (κ3) is 5.43. The first-order valence-corrected chi connectivity index (χ1v) is 13.5. The lowest BCUT2D eigenvalue weighted by atomic mass is 9.79. The van der Waals surface area contributed by atoms with Crippen molar-refractivity contribution in [1.29, 1.82) is 0 Å². The van der Waals surface area contributed by atoms with Gasteiger partial charge in [-0.3, -0.25) is 0 Å².